The van der Waals surface area contributed by atoms with Crippen LogP contribution >= 0.6 is 0 Å². The Morgan fingerprint density at radius 2 is 2.12 bits per heavy atom. The molecule has 0 bridgehead atoms. The maximum Gasteiger partial charge on any atom is 0.189 e. The van der Waals surface area contributed by atoms with E-state index in [1.165, 1.54) is 0 Å². The van der Waals surface area contributed by atoms with Crippen molar-refractivity contribution in [1.29, 1.82) is 0 Å². The van der Waals surface area contributed by atoms with Crippen molar-refractivity contribution >= 4 is 0 Å². The van der Waals surface area contributed by atoms with Crippen molar-refractivity contribution in [1.82, 2.24) is 5.32 Å². The normalized spacial score (nSPS) is 10.2. The van der Waals surface area contributed by atoms with Crippen molar-refractivity contribution in [2.24, 2.45) is 0 Å². The van der Waals surface area contributed by atoms with Gasteiger partial charge in [0, 0.05) is 18.7 Å². The van der Waals surface area contributed by atoms with E-state index in [4.69, 9.17) is 14.2 Å². The molecule has 16 heavy (non-hydrogen) atoms. The maximum atomic E-state index is 5.51. The summed E-state index contributed by atoms with van der Waals surface area (Å²) in [5, 5.41) is 3.09. The molecule has 1 rings (SSSR count). The lowest BCUT2D eigenvalue weighted by atomic mass is 10.2. The van der Waals surface area contributed by atoms with Gasteiger partial charge < -0.3 is 19.5 Å². The Morgan fingerprint density at radius 3 is 2.75 bits per heavy atom. The van der Waals surface area contributed by atoms with Gasteiger partial charge in [-0.1, -0.05) is 0 Å². The lowest BCUT2D eigenvalue weighted by Crippen LogP contribution is -2.09. The molecule has 0 aliphatic rings. The highest BCUT2D eigenvalue weighted by Crippen LogP contribution is 2.24. The molecule has 0 aliphatic heterocycles. The quantitative estimate of drug-likeness (QED) is 0.567. The second-order valence-corrected chi connectivity index (χ2v) is 3.26. The second kappa shape index (κ2) is 7.09. The third-order valence-electron chi connectivity index (χ3n) is 2.14. The fraction of sp³-hybridized carbons (Fsp3) is 0.500. The molecule has 0 spiro atoms. The van der Waals surface area contributed by atoms with E-state index in [-0.39, 0.29) is 6.79 Å². The molecule has 0 aliphatic carbocycles. The van der Waals surface area contributed by atoms with Crippen LogP contribution in [0.1, 0.15) is 12.5 Å². The molecule has 0 radical (unpaired) electrons. The zero-order valence-electron chi connectivity index (χ0n) is 10.1. The summed E-state index contributed by atoms with van der Waals surface area (Å²) in [7, 11) is 3.55. The minimum Gasteiger partial charge on any atom is -0.497 e. The number of nitrogens with one attached hydrogen (secondary N) is 1. The molecule has 90 valence electrons. The van der Waals surface area contributed by atoms with E-state index in [2.05, 4.69) is 5.32 Å². The van der Waals surface area contributed by atoms with Crippen LogP contribution < -0.4 is 14.8 Å². The molecule has 4 nitrogen and oxygen atoms in total. The summed E-state index contributed by atoms with van der Waals surface area (Å²) in [4.78, 5) is 0. The summed E-state index contributed by atoms with van der Waals surface area (Å²) >= 11 is 0. The van der Waals surface area contributed by atoms with Crippen LogP contribution in [-0.2, 0) is 11.3 Å². The summed E-state index contributed by atoms with van der Waals surface area (Å²) in [5.74, 6) is 1.65. The highest BCUT2D eigenvalue weighted by molar-refractivity contribution is 5.40. The van der Waals surface area contributed by atoms with Gasteiger partial charge in [-0.05, 0) is 32.2 Å². The highest BCUT2D eigenvalue weighted by Gasteiger charge is 2.04. The number of methoxy groups -OCH3 is 1. The van der Waals surface area contributed by atoms with Crippen molar-refractivity contribution in [3.05, 3.63) is 23.8 Å². The van der Waals surface area contributed by atoms with Crippen LogP contribution in [0.15, 0.2) is 18.2 Å². The summed E-state index contributed by atoms with van der Waals surface area (Å²) < 4.78 is 15.8. The highest BCUT2D eigenvalue weighted by atomic mass is 16.7. The lowest BCUT2D eigenvalue weighted by molar-refractivity contribution is 0.0217. The van der Waals surface area contributed by atoms with Gasteiger partial charge in [-0.3, -0.25) is 0 Å². The first kappa shape index (κ1) is 12.8. The zero-order chi connectivity index (χ0) is 11.8. The Labute approximate surface area is 96.5 Å². The first-order chi connectivity index (χ1) is 7.81. The van der Waals surface area contributed by atoms with Crippen LogP contribution in [0, 0.1) is 0 Å². The zero-order valence-corrected chi connectivity index (χ0v) is 10.1. The summed E-state index contributed by atoms with van der Waals surface area (Å²) in [5.41, 5.74) is 1.06. The first-order valence-corrected chi connectivity index (χ1v) is 5.33. The van der Waals surface area contributed by atoms with E-state index >= 15 is 0 Å². The Hall–Kier alpha value is -1.26. The van der Waals surface area contributed by atoms with Gasteiger partial charge in [-0.15, -0.1) is 0 Å². The van der Waals surface area contributed by atoms with Gasteiger partial charge in [-0.2, -0.15) is 0 Å². The smallest absolute Gasteiger partial charge is 0.189 e. The van der Waals surface area contributed by atoms with E-state index < -0.39 is 0 Å². The average molecular weight is 225 g/mol. The van der Waals surface area contributed by atoms with Crippen molar-refractivity contribution < 1.29 is 14.2 Å². The Morgan fingerprint density at radius 1 is 1.31 bits per heavy atom. The molecule has 0 saturated carbocycles. The Kier molecular flexibility index (Phi) is 5.67. The van der Waals surface area contributed by atoms with Gasteiger partial charge in [0.1, 0.15) is 11.5 Å². The molecule has 0 amide bonds. The molecule has 4 heteroatoms. The van der Waals surface area contributed by atoms with Crippen molar-refractivity contribution in [3.63, 3.8) is 0 Å². The average Bonchev–Trinajstić information content (AvgIpc) is 2.31. The number of rotatable bonds is 7. The topological polar surface area (TPSA) is 39.7 Å². The number of ether oxygens (including phenoxy) is 3. The molecule has 1 aromatic carbocycles. The Bertz CT molecular complexity index is 315. The van der Waals surface area contributed by atoms with E-state index in [1.807, 2.05) is 32.2 Å². The predicted octanol–water partition coefficient (Wildman–Crippen LogP) is 1.79. The standard InChI is InChI=1S/C12H19NO3/c1-4-15-9-16-12-6-5-11(14-3)7-10(12)8-13-2/h5-7,13H,4,8-9H2,1-3H3. The SMILES string of the molecule is CCOCOc1ccc(OC)cc1CNC. The van der Waals surface area contributed by atoms with Crippen LogP contribution in [0.5, 0.6) is 11.5 Å². The maximum absolute atomic E-state index is 5.51. The molecular formula is C12H19NO3. The van der Waals surface area contributed by atoms with Crippen molar-refractivity contribution in [3.8, 4) is 11.5 Å². The third-order valence-corrected chi connectivity index (χ3v) is 2.14. The van der Waals surface area contributed by atoms with Crippen molar-refractivity contribution in [2.45, 2.75) is 13.5 Å². The molecular weight excluding hydrogens is 206 g/mol. The fourth-order valence-electron chi connectivity index (χ4n) is 1.34. The van der Waals surface area contributed by atoms with E-state index in [9.17, 15) is 0 Å². The first-order valence-electron chi connectivity index (χ1n) is 5.33. The Balaban J connectivity index is 2.72. The van der Waals surface area contributed by atoms with Gasteiger partial charge in [0.05, 0.1) is 7.11 Å². The molecule has 0 atom stereocenters. The van der Waals surface area contributed by atoms with E-state index in [0.717, 1.165) is 23.6 Å². The minimum atomic E-state index is 0.277. The molecule has 0 saturated heterocycles. The van der Waals surface area contributed by atoms with Gasteiger partial charge in [0.25, 0.3) is 0 Å². The lowest BCUT2D eigenvalue weighted by Gasteiger charge is -2.12. The van der Waals surface area contributed by atoms with Gasteiger partial charge >= 0.3 is 0 Å². The van der Waals surface area contributed by atoms with Gasteiger partial charge in [0.2, 0.25) is 0 Å². The molecule has 1 N–H and O–H groups in total. The monoisotopic (exact) mass is 225 g/mol. The largest absolute Gasteiger partial charge is 0.497 e. The van der Waals surface area contributed by atoms with Crippen LogP contribution in [0.3, 0.4) is 0 Å². The van der Waals surface area contributed by atoms with Gasteiger partial charge in [-0.25, -0.2) is 0 Å². The molecule has 0 heterocycles. The summed E-state index contributed by atoms with van der Waals surface area (Å²) in [6.07, 6.45) is 0. The van der Waals surface area contributed by atoms with Crippen LogP contribution in [-0.4, -0.2) is 27.6 Å². The van der Waals surface area contributed by atoms with E-state index in [0.29, 0.717) is 6.61 Å². The predicted molar refractivity (Wildman–Crippen MR) is 62.9 cm³/mol. The number of hydrogen-bond acceptors (Lipinski definition) is 4. The van der Waals surface area contributed by atoms with E-state index in [1.54, 1.807) is 7.11 Å². The van der Waals surface area contributed by atoms with Crippen LogP contribution in [0.2, 0.25) is 0 Å². The molecule has 0 aromatic heterocycles. The van der Waals surface area contributed by atoms with Crippen molar-refractivity contribution in [2.75, 3.05) is 27.6 Å². The molecule has 0 unspecified atom stereocenters. The van der Waals surface area contributed by atoms with Gasteiger partial charge in [0.15, 0.2) is 6.79 Å². The molecule has 0 fully saturated rings. The second-order valence-electron chi connectivity index (χ2n) is 3.26. The third kappa shape index (κ3) is 3.72. The number of hydrogen-bond donors (Lipinski definition) is 1. The van der Waals surface area contributed by atoms with Crippen LogP contribution in [0.4, 0.5) is 0 Å². The fourth-order valence-corrected chi connectivity index (χ4v) is 1.34. The summed E-state index contributed by atoms with van der Waals surface area (Å²) in [6.45, 7) is 3.60. The summed E-state index contributed by atoms with van der Waals surface area (Å²) in [6, 6.07) is 5.72. The molecule has 1 aromatic rings. The van der Waals surface area contributed by atoms with Crippen LogP contribution in [0.25, 0.3) is 0 Å². The number of benzene rings is 1. The minimum absolute atomic E-state index is 0.277.